The number of phenolic OH excluding ortho intramolecular Hbond substituents is 1. The van der Waals surface area contributed by atoms with Gasteiger partial charge in [0.25, 0.3) is 16.8 Å². The second kappa shape index (κ2) is 8.68. The Balaban J connectivity index is 2.35. The molecule has 1 aliphatic heterocycles. The SMILES string of the molecule is CCOc1cc([N+](=O)[O-])cc(/C=C2/SC(=O)N(CCCOC)C2=O)c1O. The highest BCUT2D eigenvalue weighted by Crippen LogP contribution is 2.39. The molecule has 1 N–H and O–H groups in total. The van der Waals surface area contributed by atoms with E-state index in [0.29, 0.717) is 24.8 Å². The minimum Gasteiger partial charge on any atom is -0.504 e. The Labute approximate surface area is 153 Å². The van der Waals surface area contributed by atoms with E-state index in [0.717, 1.165) is 17.0 Å². The summed E-state index contributed by atoms with van der Waals surface area (Å²) in [5.41, 5.74) is -0.262. The monoisotopic (exact) mass is 382 g/mol. The van der Waals surface area contributed by atoms with E-state index in [1.807, 2.05) is 0 Å². The Morgan fingerprint density at radius 3 is 2.73 bits per heavy atom. The average Bonchev–Trinajstić information content (AvgIpc) is 2.85. The second-order valence-corrected chi connectivity index (χ2v) is 6.24. The van der Waals surface area contributed by atoms with Gasteiger partial charge in [-0.2, -0.15) is 0 Å². The molecule has 1 aromatic rings. The zero-order valence-corrected chi connectivity index (χ0v) is 15.1. The summed E-state index contributed by atoms with van der Waals surface area (Å²) in [5.74, 6) is -0.907. The first-order chi connectivity index (χ1) is 12.4. The lowest BCUT2D eigenvalue weighted by atomic mass is 10.1. The van der Waals surface area contributed by atoms with Gasteiger partial charge in [0, 0.05) is 31.9 Å². The lowest BCUT2D eigenvalue weighted by molar-refractivity contribution is -0.385. The predicted molar refractivity (Wildman–Crippen MR) is 95.1 cm³/mol. The topological polar surface area (TPSA) is 119 Å². The molecule has 1 fully saturated rings. The fourth-order valence-corrected chi connectivity index (χ4v) is 3.15. The molecule has 0 unspecified atom stereocenters. The average molecular weight is 382 g/mol. The maximum atomic E-state index is 12.4. The van der Waals surface area contributed by atoms with Gasteiger partial charge in [-0.3, -0.25) is 24.6 Å². The van der Waals surface area contributed by atoms with E-state index < -0.39 is 16.1 Å². The summed E-state index contributed by atoms with van der Waals surface area (Å²) in [6, 6.07) is 2.23. The largest absolute Gasteiger partial charge is 0.504 e. The quantitative estimate of drug-likeness (QED) is 0.315. The zero-order valence-electron chi connectivity index (χ0n) is 14.3. The molecule has 1 heterocycles. The summed E-state index contributed by atoms with van der Waals surface area (Å²) in [5, 5.41) is 20.9. The van der Waals surface area contributed by atoms with Crippen LogP contribution in [0.15, 0.2) is 17.0 Å². The Morgan fingerprint density at radius 1 is 1.38 bits per heavy atom. The smallest absolute Gasteiger partial charge is 0.293 e. The van der Waals surface area contributed by atoms with Crippen LogP contribution >= 0.6 is 11.8 Å². The highest BCUT2D eigenvalue weighted by molar-refractivity contribution is 8.18. The lowest BCUT2D eigenvalue weighted by Gasteiger charge is -2.11. The molecule has 0 aliphatic carbocycles. The van der Waals surface area contributed by atoms with Crippen molar-refractivity contribution in [2.45, 2.75) is 13.3 Å². The van der Waals surface area contributed by atoms with Crippen molar-refractivity contribution in [1.82, 2.24) is 4.90 Å². The molecule has 10 heteroatoms. The van der Waals surface area contributed by atoms with Gasteiger partial charge < -0.3 is 14.6 Å². The molecule has 1 aromatic carbocycles. The first kappa shape index (κ1) is 19.7. The van der Waals surface area contributed by atoms with Gasteiger partial charge in [-0.05, 0) is 31.2 Å². The van der Waals surface area contributed by atoms with Crippen LogP contribution in [0.5, 0.6) is 11.5 Å². The summed E-state index contributed by atoms with van der Waals surface area (Å²) < 4.78 is 10.1. The summed E-state index contributed by atoms with van der Waals surface area (Å²) in [7, 11) is 1.52. The van der Waals surface area contributed by atoms with Crippen molar-refractivity contribution in [3.63, 3.8) is 0 Å². The number of nitrogens with zero attached hydrogens (tertiary/aromatic N) is 2. The Bertz CT molecular complexity index is 763. The number of ether oxygens (including phenoxy) is 2. The Kier molecular flexibility index (Phi) is 6.58. The van der Waals surface area contributed by atoms with Gasteiger partial charge in [0.1, 0.15) is 0 Å². The predicted octanol–water partition coefficient (Wildman–Crippen LogP) is 2.77. The van der Waals surface area contributed by atoms with Gasteiger partial charge in [0.2, 0.25) is 0 Å². The maximum Gasteiger partial charge on any atom is 0.293 e. The van der Waals surface area contributed by atoms with E-state index in [1.165, 1.54) is 13.2 Å². The van der Waals surface area contributed by atoms with Crippen LogP contribution in [0.2, 0.25) is 0 Å². The fraction of sp³-hybridized carbons (Fsp3) is 0.375. The molecule has 0 saturated carbocycles. The summed E-state index contributed by atoms with van der Waals surface area (Å²) >= 11 is 0.713. The van der Waals surface area contributed by atoms with Crippen LogP contribution in [-0.4, -0.2) is 52.9 Å². The molecule has 140 valence electrons. The lowest BCUT2D eigenvalue weighted by Crippen LogP contribution is -2.29. The zero-order chi connectivity index (χ0) is 19.3. The molecule has 1 saturated heterocycles. The van der Waals surface area contributed by atoms with Crippen molar-refractivity contribution in [2.24, 2.45) is 0 Å². The first-order valence-electron chi connectivity index (χ1n) is 7.77. The van der Waals surface area contributed by atoms with Gasteiger partial charge in [0.05, 0.1) is 22.5 Å². The number of methoxy groups -OCH3 is 1. The van der Waals surface area contributed by atoms with E-state index in [1.54, 1.807) is 6.92 Å². The van der Waals surface area contributed by atoms with Crippen LogP contribution in [0.25, 0.3) is 6.08 Å². The van der Waals surface area contributed by atoms with Crippen LogP contribution in [0.4, 0.5) is 10.5 Å². The number of nitro benzene ring substituents is 1. The van der Waals surface area contributed by atoms with E-state index in [-0.39, 0.29) is 40.8 Å². The number of hydrogen-bond donors (Lipinski definition) is 1. The van der Waals surface area contributed by atoms with Crippen LogP contribution < -0.4 is 4.74 Å². The van der Waals surface area contributed by atoms with Crippen molar-refractivity contribution in [1.29, 1.82) is 0 Å². The van der Waals surface area contributed by atoms with Crippen LogP contribution in [-0.2, 0) is 9.53 Å². The van der Waals surface area contributed by atoms with E-state index in [2.05, 4.69) is 0 Å². The Hall–Kier alpha value is -2.59. The van der Waals surface area contributed by atoms with E-state index >= 15 is 0 Å². The minimum atomic E-state index is -0.629. The van der Waals surface area contributed by atoms with Gasteiger partial charge in [0.15, 0.2) is 11.5 Å². The number of benzene rings is 1. The third-order valence-electron chi connectivity index (χ3n) is 3.49. The number of amides is 2. The molecular weight excluding hydrogens is 364 g/mol. The van der Waals surface area contributed by atoms with Crippen molar-refractivity contribution in [3.05, 3.63) is 32.7 Å². The highest BCUT2D eigenvalue weighted by atomic mass is 32.2. The molecule has 0 radical (unpaired) electrons. The number of nitro groups is 1. The van der Waals surface area contributed by atoms with Gasteiger partial charge in [-0.25, -0.2) is 0 Å². The van der Waals surface area contributed by atoms with Gasteiger partial charge >= 0.3 is 0 Å². The second-order valence-electron chi connectivity index (χ2n) is 5.25. The molecule has 26 heavy (non-hydrogen) atoms. The van der Waals surface area contributed by atoms with Crippen LogP contribution in [0.3, 0.4) is 0 Å². The third-order valence-corrected chi connectivity index (χ3v) is 4.40. The number of carbonyl (C=O) groups is 2. The van der Waals surface area contributed by atoms with E-state index in [4.69, 9.17) is 9.47 Å². The van der Waals surface area contributed by atoms with Crippen molar-refractivity contribution in [2.75, 3.05) is 26.9 Å². The highest BCUT2D eigenvalue weighted by Gasteiger charge is 2.35. The molecule has 2 amide bonds. The maximum absolute atomic E-state index is 12.4. The summed E-state index contributed by atoms with van der Waals surface area (Å²) in [4.78, 5) is 36.0. The number of non-ortho nitro benzene ring substituents is 1. The van der Waals surface area contributed by atoms with E-state index in [9.17, 15) is 24.8 Å². The first-order valence-corrected chi connectivity index (χ1v) is 8.59. The summed E-state index contributed by atoms with van der Waals surface area (Å²) in [6.07, 6.45) is 1.75. The fourth-order valence-electron chi connectivity index (χ4n) is 2.30. The molecule has 0 atom stereocenters. The number of hydrogen-bond acceptors (Lipinski definition) is 8. The van der Waals surface area contributed by atoms with Crippen molar-refractivity contribution < 1.29 is 29.1 Å². The van der Waals surface area contributed by atoms with Crippen molar-refractivity contribution in [3.8, 4) is 11.5 Å². The molecule has 2 rings (SSSR count). The van der Waals surface area contributed by atoms with Crippen molar-refractivity contribution >= 4 is 34.7 Å². The number of thioether (sulfide) groups is 1. The Morgan fingerprint density at radius 2 is 2.12 bits per heavy atom. The van der Waals surface area contributed by atoms with Crippen LogP contribution in [0, 0.1) is 10.1 Å². The van der Waals surface area contributed by atoms with Gasteiger partial charge in [-0.15, -0.1) is 0 Å². The molecule has 0 spiro atoms. The standard InChI is InChI=1S/C16H18N2O7S/c1-3-25-12-9-11(18(22)23)7-10(14(12)19)8-13-15(20)17(16(21)26-13)5-4-6-24-2/h7-9,19H,3-6H2,1-2H3/b13-8+. The number of phenols is 1. The minimum absolute atomic E-state index is 0.0324. The molecule has 0 aromatic heterocycles. The molecule has 0 bridgehead atoms. The van der Waals surface area contributed by atoms with Gasteiger partial charge in [-0.1, -0.05) is 0 Å². The number of imide groups is 1. The third kappa shape index (κ3) is 4.33. The molecule has 1 aliphatic rings. The molecule has 9 nitrogen and oxygen atoms in total. The number of carbonyl (C=O) groups excluding carboxylic acids is 2. The number of aromatic hydroxyl groups is 1. The normalized spacial score (nSPS) is 15.8. The summed E-state index contributed by atoms with van der Waals surface area (Å²) in [6.45, 7) is 2.48. The van der Waals surface area contributed by atoms with Crippen LogP contribution in [0.1, 0.15) is 18.9 Å². The number of rotatable bonds is 8. The molecular formula is C16H18N2O7S.